The van der Waals surface area contributed by atoms with E-state index in [1.165, 1.54) is 0 Å². The summed E-state index contributed by atoms with van der Waals surface area (Å²) in [5, 5.41) is 8.93. The fourth-order valence-electron chi connectivity index (χ4n) is 1.73. The van der Waals surface area contributed by atoms with E-state index in [2.05, 4.69) is 20.8 Å². The number of carbonyl (C=O) groups excluding carboxylic acids is 1. The van der Waals surface area contributed by atoms with Crippen molar-refractivity contribution < 1.29 is 4.79 Å². The zero-order valence-corrected chi connectivity index (χ0v) is 9.63. The summed E-state index contributed by atoms with van der Waals surface area (Å²) >= 11 is 0. The molecule has 1 aliphatic carbocycles. The van der Waals surface area contributed by atoms with Gasteiger partial charge in [0.05, 0.1) is 0 Å². The highest BCUT2D eigenvalue weighted by molar-refractivity contribution is 5.96. The molecule has 0 aliphatic heterocycles. The maximum atomic E-state index is 11.1. The van der Waals surface area contributed by atoms with Gasteiger partial charge in [-0.3, -0.25) is 4.79 Å². The van der Waals surface area contributed by atoms with Crippen molar-refractivity contribution in [2.75, 3.05) is 0 Å². The van der Waals surface area contributed by atoms with Gasteiger partial charge >= 0.3 is 0 Å². The summed E-state index contributed by atoms with van der Waals surface area (Å²) in [5.41, 5.74) is 6.46. The van der Waals surface area contributed by atoms with E-state index in [4.69, 9.17) is 11.0 Å². The van der Waals surface area contributed by atoms with E-state index in [0.717, 1.165) is 24.8 Å². The molecule has 0 unspecified atom stereocenters. The highest BCUT2D eigenvalue weighted by Gasteiger charge is 2.32. The van der Waals surface area contributed by atoms with E-state index < -0.39 is 5.91 Å². The highest BCUT2D eigenvalue weighted by atomic mass is 16.1. The van der Waals surface area contributed by atoms with Crippen LogP contribution < -0.4 is 5.73 Å². The smallest absolute Gasteiger partial charge is 0.259 e. The first-order valence-corrected chi connectivity index (χ1v) is 5.28. The van der Waals surface area contributed by atoms with Crippen LogP contribution in [0, 0.1) is 22.7 Å². The number of hydrogen-bond donors (Lipinski definition) is 1. The van der Waals surface area contributed by atoms with Crippen molar-refractivity contribution in [3.63, 3.8) is 0 Å². The second-order valence-electron chi connectivity index (χ2n) is 5.39. The van der Waals surface area contributed by atoms with Crippen LogP contribution in [0.1, 0.15) is 40.0 Å². The molecule has 3 nitrogen and oxygen atoms in total. The average molecular weight is 206 g/mol. The monoisotopic (exact) mass is 206 g/mol. The Morgan fingerprint density at radius 3 is 2.27 bits per heavy atom. The van der Waals surface area contributed by atoms with Crippen LogP contribution in [0.5, 0.6) is 0 Å². The van der Waals surface area contributed by atoms with E-state index in [9.17, 15) is 4.79 Å². The predicted octanol–water partition coefficient (Wildman–Crippen LogP) is 2.14. The van der Waals surface area contributed by atoms with E-state index in [-0.39, 0.29) is 11.0 Å². The van der Waals surface area contributed by atoms with Crippen molar-refractivity contribution in [2.45, 2.75) is 40.0 Å². The van der Waals surface area contributed by atoms with Crippen molar-refractivity contribution >= 4 is 5.91 Å². The van der Waals surface area contributed by atoms with Gasteiger partial charge in [-0.2, -0.15) is 5.26 Å². The number of allylic oxidation sites excluding steroid dienone is 1. The standard InChI is InChI=1S/C12H18N2O/c1-12(2,3)6-9(8-4-5-8)10(7-13)11(14)15/h8H,4-6H2,1-3H3,(H2,14,15)/b10-9+. The Hall–Kier alpha value is -1.30. The Morgan fingerprint density at radius 1 is 1.47 bits per heavy atom. The third kappa shape index (κ3) is 3.39. The lowest BCUT2D eigenvalue weighted by Crippen LogP contribution is -2.18. The Balaban J connectivity index is 3.00. The predicted molar refractivity (Wildman–Crippen MR) is 58.6 cm³/mol. The van der Waals surface area contributed by atoms with E-state index in [1.54, 1.807) is 0 Å². The van der Waals surface area contributed by atoms with Gasteiger partial charge in [0, 0.05) is 0 Å². The van der Waals surface area contributed by atoms with Gasteiger partial charge in [0.15, 0.2) is 0 Å². The van der Waals surface area contributed by atoms with E-state index >= 15 is 0 Å². The first-order valence-electron chi connectivity index (χ1n) is 5.28. The molecule has 0 bridgehead atoms. The van der Waals surface area contributed by atoms with Gasteiger partial charge in [0.2, 0.25) is 0 Å². The molecule has 0 saturated heterocycles. The molecule has 1 amide bonds. The lowest BCUT2D eigenvalue weighted by molar-refractivity contribution is -0.114. The van der Waals surface area contributed by atoms with Gasteiger partial charge in [0.1, 0.15) is 11.6 Å². The molecule has 1 fully saturated rings. The number of nitrogens with two attached hydrogens (primary N) is 1. The molecule has 0 aromatic heterocycles. The molecule has 0 spiro atoms. The Bertz CT molecular complexity index is 338. The molecule has 2 N–H and O–H groups in total. The summed E-state index contributed by atoms with van der Waals surface area (Å²) in [6.07, 6.45) is 2.96. The van der Waals surface area contributed by atoms with E-state index in [1.807, 2.05) is 6.07 Å². The molecular weight excluding hydrogens is 188 g/mol. The third-order valence-electron chi connectivity index (χ3n) is 2.47. The minimum absolute atomic E-state index is 0.0927. The molecule has 1 aliphatic rings. The first kappa shape index (κ1) is 11.8. The number of nitriles is 1. The number of hydrogen-bond acceptors (Lipinski definition) is 2. The Kier molecular flexibility index (Phi) is 3.18. The van der Waals surface area contributed by atoms with Crippen LogP contribution in [0.25, 0.3) is 0 Å². The Labute approximate surface area is 91.0 Å². The zero-order valence-electron chi connectivity index (χ0n) is 9.63. The van der Waals surface area contributed by atoms with Crippen molar-refractivity contribution in [3.8, 4) is 6.07 Å². The van der Waals surface area contributed by atoms with Crippen molar-refractivity contribution in [1.82, 2.24) is 0 Å². The second kappa shape index (κ2) is 4.06. The molecule has 1 rings (SSSR count). The van der Waals surface area contributed by atoms with Crippen molar-refractivity contribution in [1.29, 1.82) is 5.26 Å². The van der Waals surface area contributed by atoms with Gasteiger partial charge in [-0.25, -0.2) is 0 Å². The number of primary amides is 1. The normalized spacial score (nSPS) is 18.0. The van der Waals surface area contributed by atoms with E-state index in [0.29, 0.717) is 5.92 Å². The second-order valence-corrected chi connectivity index (χ2v) is 5.39. The quantitative estimate of drug-likeness (QED) is 0.567. The van der Waals surface area contributed by atoms with Gasteiger partial charge in [-0.15, -0.1) is 0 Å². The fraction of sp³-hybridized carbons (Fsp3) is 0.667. The molecule has 0 aromatic carbocycles. The van der Waals surface area contributed by atoms with Crippen LogP contribution in [-0.4, -0.2) is 5.91 Å². The molecular formula is C12H18N2O. The molecule has 0 aromatic rings. The van der Waals surface area contributed by atoms with Crippen LogP contribution >= 0.6 is 0 Å². The topological polar surface area (TPSA) is 66.9 Å². The SMILES string of the molecule is CC(C)(C)C/C(=C(/C#N)C(N)=O)C1CC1. The van der Waals surface area contributed by atoms with Crippen LogP contribution in [0.15, 0.2) is 11.1 Å². The minimum atomic E-state index is -0.580. The largest absolute Gasteiger partial charge is 0.365 e. The van der Waals surface area contributed by atoms with Crippen LogP contribution in [0.3, 0.4) is 0 Å². The van der Waals surface area contributed by atoms with Gasteiger partial charge in [-0.1, -0.05) is 20.8 Å². The van der Waals surface area contributed by atoms with Gasteiger partial charge in [-0.05, 0) is 36.2 Å². The molecule has 1 saturated carbocycles. The molecule has 82 valence electrons. The molecule has 0 heterocycles. The van der Waals surface area contributed by atoms with Crippen LogP contribution in [0.4, 0.5) is 0 Å². The maximum Gasteiger partial charge on any atom is 0.259 e. The summed E-state index contributed by atoms with van der Waals surface area (Å²) in [6.45, 7) is 6.31. The zero-order chi connectivity index (χ0) is 11.6. The number of amides is 1. The molecule has 0 radical (unpaired) electrons. The van der Waals surface area contributed by atoms with Crippen molar-refractivity contribution in [2.24, 2.45) is 17.1 Å². The summed E-state index contributed by atoms with van der Waals surface area (Å²) in [6, 6.07) is 1.95. The summed E-state index contributed by atoms with van der Waals surface area (Å²) < 4.78 is 0. The van der Waals surface area contributed by atoms with Gasteiger partial charge < -0.3 is 5.73 Å². The number of nitrogens with zero attached hydrogens (tertiary/aromatic N) is 1. The Morgan fingerprint density at radius 2 is 2.00 bits per heavy atom. The summed E-state index contributed by atoms with van der Waals surface area (Å²) in [5.74, 6) is -0.157. The average Bonchev–Trinajstić information content (AvgIpc) is 2.82. The minimum Gasteiger partial charge on any atom is -0.365 e. The van der Waals surface area contributed by atoms with Crippen LogP contribution in [0.2, 0.25) is 0 Å². The number of rotatable bonds is 3. The summed E-state index contributed by atoms with van der Waals surface area (Å²) in [7, 11) is 0. The highest BCUT2D eigenvalue weighted by Crippen LogP contribution is 2.43. The molecule has 3 heteroatoms. The first-order chi connectivity index (χ1) is 6.85. The lowest BCUT2D eigenvalue weighted by Gasteiger charge is -2.21. The van der Waals surface area contributed by atoms with Crippen LogP contribution in [-0.2, 0) is 4.79 Å². The van der Waals surface area contributed by atoms with Gasteiger partial charge in [0.25, 0.3) is 5.91 Å². The third-order valence-corrected chi connectivity index (χ3v) is 2.47. The summed E-state index contributed by atoms with van der Waals surface area (Å²) in [4.78, 5) is 11.1. The maximum absolute atomic E-state index is 11.1. The fourth-order valence-corrected chi connectivity index (χ4v) is 1.73. The lowest BCUT2D eigenvalue weighted by atomic mass is 9.84. The van der Waals surface area contributed by atoms with Crippen molar-refractivity contribution in [3.05, 3.63) is 11.1 Å². The molecule has 15 heavy (non-hydrogen) atoms. The number of carbonyl (C=O) groups is 1. The molecule has 0 atom stereocenters.